The molecule has 2 rings (SSSR count). The minimum Gasteiger partial charge on any atom is -0.355 e. The summed E-state index contributed by atoms with van der Waals surface area (Å²) in [6.45, 7) is 0.201. The smallest absolute Gasteiger partial charge is 0.240 e. The molecule has 1 unspecified atom stereocenters. The maximum Gasteiger partial charge on any atom is 0.240 e. The molecule has 116 valence electrons. The van der Waals surface area contributed by atoms with E-state index < -0.39 is 26.1 Å². The average Bonchev–Trinajstić information content (AvgIpc) is 2.40. The highest BCUT2D eigenvalue weighted by molar-refractivity contribution is 7.90. The number of nitrogens with two attached hydrogens (primary N) is 1. The summed E-state index contributed by atoms with van der Waals surface area (Å²) >= 11 is 0. The van der Waals surface area contributed by atoms with E-state index in [0.717, 1.165) is 6.07 Å². The highest BCUT2D eigenvalue weighted by Crippen LogP contribution is 2.16. The normalized spacial score (nSPS) is 20.0. The van der Waals surface area contributed by atoms with E-state index in [2.05, 4.69) is 10.0 Å². The lowest BCUT2D eigenvalue weighted by Gasteiger charge is -2.23. The zero-order chi connectivity index (χ0) is 15.7. The predicted octanol–water partition coefficient (Wildman–Crippen LogP) is -1.11. The predicted molar refractivity (Wildman–Crippen MR) is 74.2 cm³/mol. The molecule has 1 atom stereocenters. The number of amides is 1. The average molecular weight is 333 g/mol. The monoisotopic (exact) mass is 333 g/mol. The van der Waals surface area contributed by atoms with Gasteiger partial charge in [-0.15, -0.1) is 0 Å². The van der Waals surface area contributed by atoms with E-state index in [0.29, 0.717) is 6.42 Å². The fraction of sp³-hybridized carbons (Fsp3) is 0.364. The summed E-state index contributed by atoms with van der Waals surface area (Å²) in [6, 6.07) is 4.37. The van der Waals surface area contributed by atoms with Crippen LogP contribution in [0.15, 0.2) is 34.1 Å². The second kappa shape index (κ2) is 5.72. The van der Waals surface area contributed by atoms with Gasteiger partial charge in [0.2, 0.25) is 26.0 Å². The molecule has 1 heterocycles. The lowest BCUT2D eigenvalue weighted by atomic mass is 10.1. The number of hydrogen-bond acceptors (Lipinski definition) is 5. The van der Waals surface area contributed by atoms with Gasteiger partial charge in [-0.2, -0.15) is 0 Å². The van der Waals surface area contributed by atoms with E-state index in [1.807, 2.05) is 0 Å². The Hall–Kier alpha value is -1.49. The first-order chi connectivity index (χ1) is 9.68. The minimum atomic E-state index is -3.98. The van der Waals surface area contributed by atoms with Gasteiger partial charge in [-0.05, 0) is 24.6 Å². The van der Waals surface area contributed by atoms with Crippen molar-refractivity contribution in [2.75, 3.05) is 6.54 Å². The quantitative estimate of drug-likeness (QED) is 0.642. The van der Waals surface area contributed by atoms with Crippen LogP contribution in [0.2, 0.25) is 0 Å². The Balaban J connectivity index is 2.22. The number of nitrogens with one attached hydrogen (secondary N) is 2. The Morgan fingerprint density at radius 1 is 1.19 bits per heavy atom. The van der Waals surface area contributed by atoms with Crippen LogP contribution in [0.5, 0.6) is 0 Å². The lowest BCUT2D eigenvalue weighted by Crippen LogP contribution is -2.47. The third kappa shape index (κ3) is 4.00. The van der Waals surface area contributed by atoms with Gasteiger partial charge < -0.3 is 5.32 Å². The molecule has 1 fully saturated rings. The fourth-order valence-electron chi connectivity index (χ4n) is 1.94. The number of benzene rings is 1. The molecule has 0 saturated carbocycles. The molecule has 21 heavy (non-hydrogen) atoms. The van der Waals surface area contributed by atoms with Gasteiger partial charge in [0.25, 0.3) is 0 Å². The summed E-state index contributed by atoms with van der Waals surface area (Å²) in [7, 11) is -7.86. The van der Waals surface area contributed by atoms with Crippen LogP contribution in [0.3, 0.4) is 0 Å². The Bertz CT molecular complexity index is 748. The second-order valence-electron chi connectivity index (χ2n) is 4.68. The molecule has 1 aliphatic heterocycles. The van der Waals surface area contributed by atoms with Gasteiger partial charge in [-0.1, -0.05) is 6.07 Å². The van der Waals surface area contributed by atoms with E-state index in [9.17, 15) is 21.6 Å². The van der Waals surface area contributed by atoms with E-state index in [1.165, 1.54) is 18.2 Å². The third-order valence-corrected chi connectivity index (χ3v) is 5.46. The maximum atomic E-state index is 12.2. The summed E-state index contributed by atoms with van der Waals surface area (Å²) in [4.78, 5) is 10.6. The molecule has 8 nitrogen and oxygen atoms in total. The largest absolute Gasteiger partial charge is 0.355 e. The van der Waals surface area contributed by atoms with E-state index in [-0.39, 0.29) is 28.7 Å². The van der Waals surface area contributed by atoms with Crippen LogP contribution in [-0.4, -0.2) is 35.3 Å². The van der Waals surface area contributed by atoms with Crippen LogP contribution in [0.4, 0.5) is 0 Å². The zero-order valence-electron chi connectivity index (χ0n) is 10.9. The minimum absolute atomic E-state index is 0.123. The van der Waals surface area contributed by atoms with Gasteiger partial charge >= 0.3 is 0 Å². The molecule has 1 aromatic carbocycles. The summed E-state index contributed by atoms with van der Waals surface area (Å²) in [6.07, 6.45) is 0.629. The molecule has 1 amide bonds. The van der Waals surface area contributed by atoms with E-state index in [4.69, 9.17) is 5.14 Å². The summed E-state index contributed by atoms with van der Waals surface area (Å²) < 4.78 is 49.3. The Labute approximate surface area is 122 Å². The maximum absolute atomic E-state index is 12.2. The van der Waals surface area contributed by atoms with Crippen LogP contribution in [0.1, 0.15) is 12.8 Å². The molecule has 0 radical (unpaired) electrons. The molecule has 0 spiro atoms. The molecule has 1 saturated heterocycles. The van der Waals surface area contributed by atoms with Gasteiger partial charge in [-0.3, -0.25) is 4.79 Å². The van der Waals surface area contributed by atoms with Crippen molar-refractivity contribution >= 4 is 26.0 Å². The summed E-state index contributed by atoms with van der Waals surface area (Å²) in [5.41, 5.74) is 0. The molecular formula is C11H15N3O5S2. The number of piperidine rings is 1. The van der Waals surface area contributed by atoms with Crippen molar-refractivity contribution in [1.29, 1.82) is 0 Å². The molecule has 1 aromatic rings. The van der Waals surface area contributed by atoms with E-state index in [1.54, 1.807) is 0 Å². The first-order valence-electron chi connectivity index (χ1n) is 6.10. The molecule has 0 aliphatic carbocycles. The van der Waals surface area contributed by atoms with Gasteiger partial charge in [-0.25, -0.2) is 26.7 Å². The first kappa shape index (κ1) is 15.9. The summed E-state index contributed by atoms with van der Waals surface area (Å²) in [5.74, 6) is -0.123. The van der Waals surface area contributed by atoms with Crippen molar-refractivity contribution in [2.45, 2.75) is 28.7 Å². The standard InChI is InChI=1S/C11H15N3O5S2/c12-20(16,17)9-2-1-3-10(6-9)21(18,19)14-8-4-5-11(15)13-7-8/h1-3,6,8,14H,4-5,7H2,(H,13,15)(H2,12,16,17). The van der Waals surface area contributed by atoms with Crippen molar-refractivity contribution in [3.63, 3.8) is 0 Å². The van der Waals surface area contributed by atoms with Crippen molar-refractivity contribution in [1.82, 2.24) is 10.0 Å². The first-order valence-corrected chi connectivity index (χ1v) is 9.13. The Morgan fingerprint density at radius 2 is 1.86 bits per heavy atom. The van der Waals surface area contributed by atoms with Crippen LogP contribution in [0, 0.1) is 0 Å². The molecule has 1 aliphatic rings. The van der Waals surface area contributed by atoms with Crippen molar-refractivity contribution < 1.29 is 21.6 Å². The van der Waals surface area contributed by atoms with Crippen LogP contribution in [0.25, 0.3) is 0 Å². The Kier molecular flexibility index (Phi) is 4.33. The van der Waals surface area contributed by atoms with Crippen molar-refractivity contribution in [3.05, 3.63) is 24.3 Å². The van der Waals surface area contributed by atoms with Gasteiger partial charge in [0, 0.05) is 19.0 Å². The number of primary sulfonamides is 1. The van der Waals surface area contributed by atoms with Gasteiger partial charge in [0.05, 0.1) is 9.79 Å². The van der Waals surface area contributed by atoms with Crippen LogP contribution >= 0.6 is 0 Å². The molecule has 10 heteroatoms. The fourth-order valence-corrected chi connectivity index (χ4v) is 3.89. The van der Waals surface area contributed by atoms with Crippen LogP contribution in [-0.2, 0) is 24.8 Å². The SMILES string of the molecule is NS(=O)(=O)c1cccc(S(=O)(=O)NC2CCC(=O)NC2)c1. The molecule has 0 aromatic heterocycles. The number of hydrogen-bond donors (Lipinski definition) is 3. The zero-order valence-corrected chi connectivity index (χ0v) is 12.6. The summed E-state index contributed by atoms with van der Waals surface area (Å²) in [5, 5.41) is 7.54. The number of carbonyl (C=O) groups is 1. The van der Waals surface area contributed by atoms with Crippen molar-refractivity contribution in [3.8, 4) is 0 Å². The lowest BCUT2D eigenvalue weighted by molar-refractivity contribution is -0.122. The second-order valence-corrected chi connectivity index (χ2v) is 7.96. The molecule has 0 bridgehead atoms. The topological polar surface area (TPSA) is 135 Å². The number of rotatable bonds is 4. The van der Waals surface area contributed by atoms with Crippen molar-refractivity contribution in [2.24, 2.45) is 5.14 Å². The van der Waals surface area contributed by atoms with Gasteiger partial charge in [0.1, 0.15) is 0 Å². The molecular weight excluding hydrogens is 318 g/mol. The molecule has 4 N–H and O–H groups in total. The highest BCUT2D eigenvalue weighted by atomic mass is 32.2. The van der Waals surface area contributed by atoms with Gasteiger partial charge in [0.15, 0.2) is 0 Å². The number of sulfonamides is 2. The Morgan fingerprint density at radius 3 is 2.43 bits per heavy atom. The number of carbonyl (C=O) groups excluding carboxylic acids is 1. The third-order valence-electron chi connectivity index (χ3n) is 3.03. The highest BCUT2D eigenvalue weighted by Gasteiger charge is 2.24. The van der Waals surface area contributed by atoms with Crippen LogP contribution < -0.4 is 15.2 Å². The van der Waals surface area contributed by atoms with E-state index >= 15 is 0 Å².